The molecule has 0 aliphatic carbocycles. The van der Waals surface area contributed by atoms with Crippen molar-refractivity contribution in [1.82, 2.24) is 5.32 Å². The maximum Gasteiger partial charge on any atom is 0.241 e. The Morgan fingerprint density at radius 2 is 1.93 bits per heavy atom. The van der Waals surface area contributed by atoms with Gasteiger partial charge in [-0.05, 0) is 54.6 Å². The van der Waals surface area contributed by atoms with Gasteiger partial charge in [-0.2, -0.15) is 0 Å². The van der Waals surface area contributed by atoms with Gasteiger partial charge in [-0.25, -0.2) is 4.39 Å². The summed E-state index contributed by atoms with van der Waals surface area (Å²) in [5.41, 5.74) is 2.28. The van der Waals surface area contributed by atoms with E-state index >= 15 is 0 Å². The first-order valence-electron chi connectivity index (χ1n) is 9.09. The van der Waals surface area contributed by atoms with Crippen molar-refractivity contribution >= 4 is 34.5 Å². The molecule has 0 bridgehead atoms. The highest BCUT2D eigenvalue weighted by Crippen LogP contribution is 2.31. The van der Waals surface area contributed by atoms with Crippen molar-refractivity contribution in [1.29, 1.82) is 0 Å². The van der Waals surface area contributed by atoms with Crippen molar-refractivity contribution in [2.24, 2.45) is 0 Å². The summed E-state index contributed by atoms with van der Waals surface area (Å²) < 4.78 is 18.7. The van der Waals surface area contributed by atoms with Crippen LogP contribution in [-0.2, 0) is 4.79 Å². The van der Waals surface area contributed by atoms with Crippen LogP contribution in [0, 0.1) is 12.7 Å². The Kier molecular flexibility index (Phi) is 6.90. The van der Waals surface area contributed by atoms with Crippen LogP contribution >= 0.6 is 22.9 Å². The Morgan fingerprint density at radius 3 is 2.55 bits per heavy atom. The van der Waals surface area contributed by atoms with Crippen LogP contribution in [0.25, 0.3) is 0 Å². The minimum Gasteiger partial charge on any atom is -0.495 e. The van der Waals surface area contributed by atoms with Crippen molar-refractivity contribution in [3.05, 3.63) is 80.8 Å². The molecule has 0 aliphatic heterocycles. The number of nitrogens with one attached hydrogen (secondary N) is 2. The molecule has 2 unspecified atom stereocenters. The van der Waals surface area contributed by atoms with Gasteiger partial charge in [-0.3, -0.25) is 10.1 Å². The molecule has 1 amide bonds. The van der Waals surface area contributed by atoms with Gasteiger partial charge < -0.3 is 10.1 Å². The van der Waals surface area contributed by atoms with Crippen molar-refractivity contribution in [3.63, 3.8) is 0 Å². The molecule has 1 heterocycles. The van der Waals surface area contributed by atoms with Gasteiger partial charge in [0, 0.05) is 16.0 Å². The fraction of sp³-hybridized carbons (Fsp3) is 0.227. The van der Waals surface area contributed by atoms with Crippen molar-refractivity contribution < 1.29 is 13.9 Å². The molecule has 4 nitrogen and oxygen atoms in total. The summed E-state index contributed by atoms with van der Waals surface area (Å²) in [7, 11) is 1.53. The van der Waals surface area contributed by atoms with Crippen LogP contribution in [-0.4, -0.2) is 19.1 Å². The van der Waals surface area contributed by atoms with E-state index in [1.54, 1.807) is 42.5 Å². The van der Waals surface area contributed by atoms with Gasteiger partial charge in [-0.1, -0.05) is 29.8 Å². The number of ether oxygens (including phenoxy) is 1. The summed E-state index contributed by atoms with van der Waals surface area (Å²) in [5, 5.41) is 8.79. The number of hydrogen-bond acceptors (Lipinski definition) is 4. The number of amides is 1. The summed E-state index contributed by atoms with van der Waals surface area (Å²) in [6.45, 7) is 3.65. The van der Waals surface area contributed by atoms with Gasteiger partial charge in [0.2, 0.25) is 5.91 Å². The molecule has 0 aliphatic rings. The van der Waals surface area contributed by atoms with Gasteiger partial charge in [0.05, 0.1) is 24.9 Å². The topological polar surface area (TPSA) is 50.4 Å². The molecule has 2 atom stereocenters. The van der Waals surface area contributed by atoms with Crippen LogP contribution in [0.2, 0.25) is 5.02 Å². The van der Waals surface area contributed by atoms with Gasteiger partial charge in [0.15, 0.2) is 0 Å². The molecule has 29 heavy (non-hydrogen) atoms. The van der Waals surface area contributed by atoms with Crippen LogP contribution in [0.3, 0.4) is 0 Å². The molecular formula is C22H22ClFN2O2S. The second kappa shape index (κ2) is 9.39. The molecule has 0 spiro atoms. The zero-order chi connectivity index (χ0) is 21.0. The van der Waals surface area contributed by atoms with Crippen molar-refractivity contribution in [3.8, 4) is 5.75 Å². The lowest BCUT2D eigenvalue weighted by Crippen LogP contribution is -2.40. The number of benzene rings is 2. The Morgan fingerprint density at radius 1 is 1.21 bits per heavy atom. The van der Waals surface area contributed by atoms with E-state index in [1.807, 2.05) is 24.4 Å². The molecule has 0 saturated carbocycles. The molecule has 3 rings (SSSR count). The average Bonchev–Trinajstić information content (AvgIpc) is 3.23. The van der Waals surface area contributed by atoms with Crippen LogP contribution < -0.4 is 15.4 Å². The standard InChI is InChI=1S/C22H22ClFN2O2S/c1-13-11-18(19(28-3)12-17(13)23)26-22(27)14(2)25-21(20-5-4-10-29-20)15-6-8-16(24)9-7-15/h4-12,14,21,25H,1-3H3,(H,26,27). The summed E-state index contributed by atoms with van der Waals surface area (Å²) in [5.74, 6) is -0.0159. The summed E-state index contributed by atoms with van der Waals surface area (Å²) in [6.07, 6.45) is 0. The highest BCUT2D eigenvalue weighted by molar-refractivity contribution is 7.10. The lowest BCUT2D eigenvalue weighted by atomic mass is 10.0. The van der Waals surface area contributed by atoms with Crippen LogP contribution in [0.15, 0.2) is 53.9 Å². The SMILES string of the molecule is COc1cc(Cl)c(C)cc1NC(=O)C(C)NC(c1ccc(F)cc1)c1cccs1. The normalized spacial score (nSPS) is 13.0. The van der Waals surface area contributed by atoms with Crippen LogP contribution in [0.5, 0.6) is 5.75 Å². The van der Waals surface area contributed by atoms with E-state index in [0.29, 0.717) is 16.5 Å². The van der Waals surface area contributed by atoms with Gasteiger partial charge in [0.25, 0.3) is 0 Å². The monoisotopic (exact) mass is 432 g/mol. The van der Waals surface area contributed by atoms with E-state index in [0.717, 1.165) is 16.0 Å². The zero-order valence-corrected chi connectivity index (χ0v) is 17.9. The third-order valence-corrected chi connectivity index (χ3v) is 5.92. The third kappa shape index (κ3) is 5.15. The number of rotatable bonds is 7. The number of anilines is 1. The summed E-state index contributed by atoms with van der Waals surface area (Å²) >= 11 is 7.71. The Hall–Kier alpha value is -2.41. The van der Waals surface area contributed by atoms with Crippen molar-refractivity contribution in [2.45, 2.75) is 25.9 Å². The zero-order valence-electron chi connectivity index (χ0n) is 16.3. The van der Waals surface area contributed by atoms with Crippen LogP contribution in [0.1, 0.15) is 29.0 Å². The fourth-order valence-electron chi connectivity index (χ4n) is 2.95. The highest BCUT2D eigenvalue weighted by atomic mass is 35.5. The number of methoxy groups -OCH3 is 1. The number of carbonyl (C=O) groups is 1. The molecular weight excluding hydrogens is 411 g/mol. The molecule has 152 valence electrons. The predicted molar refractivity (Wildman–Crippen MR) is 117 cm³/mol. The predicted octanol–water partition coefficient (Wildman–Crippen LogP) is 5.56. The Balaban J connectivity index is 1.79. The van der Waals surface area contributed by atoms with E-state index in [4.69, 9.17) is 16.3 Å². The molecule has 0 radical (unpaired) electrons. The number of halogens is 2. The average molecular weight is 433 g/mol. The molecule has 2 N–H and O–H groups in total. The first-order valence-corrected chi connectivity index (χ1v) is 10.3. The quantitative estimate of drug-likeness (QED) is 0.513. The lowest BCUT2D eigenvalue weighted by Gasteiger charge is -2.23. The minimum absolute atomic E-state index is 0.214. The minimum atomic E-state index is -0.521. The van der Waals surface area contributed by atoms with Crippen molar-refractivity contribution in [2.75, 3.05) is 12.4 Å². The second-order valence-electron chi connectivity index (χ2n) is 6.68. The number of carbonyl (C=O) groups excluding carboxylic acids is 1. The maximum absolute atomic E-state index is 13.4. The van der Waals surface area contributed by atoms with Crippen LogP contribution in [0.4, 0.5) is 10.1 Å². The first kappa shape index (κ1) is 21.3. The molecule has 3 aromatic rings. The Labute approximate surface area is 178 Å². The van der Waals surface area contributed by atoms with E-state index in [1.165, 1.54) is 19.2 Å². The van der Waals surface area contributed by atoms with Gasteiger partial charge >= 0.3 is 0 Å². The van der Waals surface area contributed by atoms with Gasteiger partial charge in [-0.15, -0.1) is 11.3 Å². The molecule has 0 saturated heterocycles. The van der Waals surface area contributed by atoms with Gasteiger partial charge in [0.1, 0.15) is 11.6 Å². The number of aryl methyl sites for hydroxylation is 1. The van der Waals surface area contributed by atoms with E-state index in [9.17, 15) is 9.18 Å². The van der Waals surface area contributed by atoms with E-state index in [2.05, 4.69) is 10.6 Å². The molecule has 0 fully saturated rings. The van der Waals surface area contributed by atoms with E-state index < -0.39 is 6.04 Å². The number of hydrogen-bond donors (Lipinski definition) is 2. The lowest BCUT2D eigenvalue weighted by molar-refractivity contribution is -0.117. The molecule has 7 heteroatoms. The Bertz CT molecular complexity index is 977. The second-order valence-corrected chi connectivity index (χ2v) is 8.07. The maximum atomic E-state index is 13.4. The third-order valence-electron chi connectivity index (χ3n) is 4.58. The van der Waals surface area contributed by atoms with E-state index in [-0.39, 0.29) is 17.8 Å². The summed E-state index contributed by atoms with van der Waals surface area (Å²) in [4.78, 5) is 13.9. The smallest absolute Gasteiger partial charge is 0.241 e. The molecule has 1 aromatic heterocycles. The highest BCUT2D eigenvalue weighted by Gasteiger charge is 2.22. The largest absolute Gasteiger partial charge is 0.495 e. The first-order chi connectivity index (χ1) is 13.9. The summed E-state index contributed by atoms with van der Waals surface area (Å²) in [6, 6.07) is 12.9. The number of thiophene rings is 1. The fourth-order valence-corrected chi connectivity index (χ4v) is 3.92. The molecule has 2 aromatic carbocycles.